The summed E-state index contributed by atoms with van der Waals surface area (Å²) >= 11 is 1.35. The van der Waals surface area contributed by atoms with E-state index >= 15 is 0 Å². The minimum atomic E-state index is -0.0954. The monoisotopic (exact) mass is 449 g/mol. The van der Waals surface area contributed by atoms with E-state index in [1.54, 1.807) is 18.0 Å². The molecule has 5 rings (SSSR count). The van der Waals surface area contributed by atoms with Gasteiger partial charge in [0.2, 0.25) is 12.7 Å². The molecule has 0 fully saturated rings. The van der Waals surface area contributed by atoms with Crippen LogP contribution in [0, 0.1) is 0 Å². The predicted molar refractivity (Wildman–Crippen MR) is 118 cm³/mol. The maximum atomic E-state index is 12.4. The van der Waals surface area contributed by atoms with Gasteiger partial charge in [-0.05, 0) is 42.0 Å². The number of methoxy groups -OCH3 is 1. The number of aromatic nitrogens is 4. The number of nitrogens with zero attached hydrogens (tertiary/aromatic N) is 4. The van der Waals surface area contributed by atoms with Gasteiger partial charge >= 0.3 is 0 Å². The summed E-state index contributed by atoms with van der Waals surface area (Å²) in [4.78, 5) is 21.1. The van der Waals surface area contributed by atoms with Gasteiger partial charge in [0.25, 0.3) is 0 Å². The highest BCUT2D eigenvalue weighted by molar-refractivity contribution is 8.00. The second-order valence-corrected chi connectivity index (χ2v) is 7.89. The molecule has 4 aromatic rings. The molecule has 1 aliphatic heterocycles. The van der Waals surface area contributed by atoms with Crippen molar-refractivity contribution in [3.8, 4) is 22.9 Å². The second-order valence-electron chi connectivity index (χ2n) is 6.92. The average molecular weight is 449 g/mol. The van der Waals surface area contributed by atoms with Crippen molar-refractivity contribution in [3.63, 3.8) is 0 Å². The van der Waals surface area contributed by atoms with Crippen LogP contribution in [0.15, 0.2) is 60.0 Å². The highest BCUT2D eigenvalue weighted by Gasteiger charge is 2.15. The summed E-state index contributed by atoms with van der Waals surface area (Å²) in [6.45, 7) is 0.634. The van der Waals surface area contributed by atoms with Crippen LogP contribution >= 0.6 is 11.8 Å². The molecule has 0 spiro atoms. The molecule has 0 saturated carbocycles. The quantitative estimate of drug-likeness (QED) is 0.340. The van der Waals surface area contributed by atoms with Gasteiger partial charge in [-0.2, -0.15) is 5.10 Å². The molecule has 0 radical (unpaired) electrons. The number of ether oxygens (including phenoxy) is 3. The van der Waals surface area contributed by atoms with E-state index in [9.17, 15) is 4.79 Å². The number of thioether (sulfide) groups is 1. The van der Waals surface area contributed by atoms with Crippen molar-refractivity contribution in [2.45, 2.75) is 11.6 Å². The van der Waals surface area contributed by atoms with Gasteiger partial charge in [0.05, 0.1) is 30.1 Å². The van der Waals surface area contributed by atoms with E-state index in [2.05, 4.69) is 20.4 Å². The molecular formula is C22H19N5O4S. The van der Waals surface area contributed by atoms with Crippen molar-refractivity contribution in [1.82, 2.24) is 25.1 Å². The Bertz CT molecular complexity index is 1280. The summed E-state index contributed by atoms with van der Waals surface area (Å²) in [5.74, 6) is 2.32. The number of fused-ring (bicyclic) bond motifs is 2. The zero-order chi connectivity index (χ0) is 21.9. The fourth-order valence-corrected chi connectivity index (χ4v) is 4.08. The largest absolute Gasteiger partial charge is 0.497 e. The molecule has 32 heavy (non-hydrogen) atoms. The van der Waals surface area contributed by atoms with E-state index in [-0.39, 0.29) is 18.5 Å². The number of hydrogen-bond acceptors (Lipinski definition) is 8. The number of nitrogens with one attached hydrogen (secondary N) is 1. The van der Waals surface area contributed by atoms with Crippen LogP contribution in [0.5, 0.6) is 17.2 Å². The Morgan fingerprint density at radius 1 is 1.16 bits per heavy atom. The van der Waals surface area contributed by atoms with E-state index < -0.39 is 0 Å². The Morgan fingerprint density at radius 2 is 2.00 bits per heavy atom. The molecular weight excluding hydrogens is 430 g/mol. The lowest BCUT2D eigenvalue weighted by atomic mass is 10.2. The normalized spacial score (nSPS) is 12.2. The van der Waals surface area contributed by atoms with E-state index in [4.69, 9.17) is 14.2 Å². The fraction of sp³-hybridized carbons (Fsp3) is 0.182. The molecule has 0 bridgehead atoms. The molecule has 1 amide bonds. The van der Waals surface area contributed by atoms with Gasteiger partial charge in [-0.15, -0.1) is 0 Å². The SMILES string of the molecule is COc1ccc(-n2ncc3c(SCC(=O)NCc4ccc5c(c4)OCO5)ncnc32)cc1. The van der Waals surface area contributed by atoms with Crippen molar-refractivity contribution in [1.29, 1.82) is 0 Å². The first-order chi connectivity index (χ1) is 15.7. The molecule has 0 unspecified atom stereocenters. The number of carbonyl (C=O) groups is 1. The van der Waals surface area contributed by atoms with Crippen molar-refractivity contribution in [3.05, 3.63) is 60.6 Å². The topological polar surface area (TPSA) is 100 Å². The third-order valence-electron chi connectivity index (χ3n) is 4.91. The molecule has 3 heterocycles. The number of rotatable bonds is 7. The lowest BCUT2D eigenvalue weighted by Gasteiger charge is -2.07. The summed E-state index contributed by atoms with van der Waals surface area (Å²) in [7, 11) is 1.63. The van der Waals surface area contributed by atoms with Gasteiger partial charge in [-0.25, -0.2) is 14.6 Å². The first-order valence-corrected chi connectivity index (χ1v) is 10.8. The molecule has 1 aliphatic rings. The smallest absolute Gasteiger partial charge is 0.231 e. The molecule has 2 aromatic heterocycles. The van der Waals surface area contributed by atoms with Crippen molar-refractivity contribution in [2.24, 2.45) is 0 Å². The highest BCUT2D eigenvalue weighted by Crippen LogP contribution is 2.32. The molecule has 10 heteroatoms. The number of carbonyl (C=O) groups excluding carboxylic acids is 1. The van der Waals surface area contributed by atoms with Gasteiger partial charge in [0, 0.05) is 6.54 Å². The molecule has 0 saturated heterocycles. The molecule has 0 aliphatic carbocycles. The average Bonchev–Trinajstić information content (AvgIpc) is 3.48. The van der Waals surface area contributed by atoms with Gasteiger partial charge < -0.3 is 19.5 Å². The van der Waals surface area contributed by atoms with E-state index in [1.165, 1.54) is 18.1 Å². The van der Waals surface area contributed by atoms with Gasteiger partial charge in [0.1, 0.15) is 17.1 Å². The summed E-state index contributed by atoms with van der Waals surface area (Å²) in [5.41, 5.74) is 2.48. The standard InChI is InChI=1S/C22H19N5O4S/c1-29-16-5-3-15(4-6-16)27-21-17(10-26-27)22(25-12-24-21)32-11-20(28)23-9-14-2-7-18-19(8-14)31-13-30-18/h2-8,10,12H,9,11,13H2,1H3,(H,23,28). The Labute approximate surface area is 187 Å². The number of benzene rings is 2. The third-order valence-corrected chi connectivity index (χ3v) is 5.92. The summed E-state index contributed by atoms with van der Waals surface area (Å²) in [6.07, 6.45) is 3.20. The van der Waals surface area contributed by atoms with Crippen LogP contribution in [0.3, 0.4) is 0 Å². The first-order valence-electron chi connectivity index (χ1n) is 9.82. The molecule has 9 nitrogen and oxygen atoms in total. The summed E-state index contributed by atoms with van der Waals surface area (Å²) in [6, 6.07) is 13.2. The predicted octanol–water partition coefficient (Wildman–Crippen LogP) is 2.96. The Hall–Kier alpha value is -3.79. The molecule has 0 atom stereocenters. The second kappa shape index (κ2) is 8.75. The number of hydrogen-bond donors (Lipinski definition) is 1. The van der Waals surface area contributed by atoms with Crippen molar-refractivity contribution >= 4 is 28.7 Å². The van der Waals surface area contributed by atoms with Gasteiger partial charge in [-0.1, -0.05) is 17.8 Å². The maximum absolute atomic E-state index is 12.4. The lowest BCUT2D eigenvalue weighted by molar-refractivity contribution is -0.118. The minimum Gasteiger partial charge on any atom is -0.497 e. The van der Waals surface area contributed by atoms with Crippen LogP contribution in [0.25, 0.3) is 16.7 Å². The summed E-state index contributed by atoms with van der Waals surface area (Å²) in [5, 5.41) is 8.86. The van der Waals surface area contributed by atoms with Crippen LogP contribution in [0.1, 0.15) is 5.56 Å². The van der Waals surface area contributed by atoms with Crippen molar-refractivity contribution in [2.75, 3.05) is 19.7 Å². The molecule has 1 N–H and O–H groups in total. The Balaban J connectivity index is 1.24. The van der Waals surface area contributed by atoms with Crippen LogP contribution in [-0.2, 0) is 11.3 Å². The van der Waals surface area contributed by atoms with E-state index in [0.717, 1.165) is 28.1 Å². The first kappa shape index (κ1) is 20.1. The zero-order valence-electron chi connectivity index (χ0n) is 17.1. The molecule has 2 aromatic carbocycles. The van der Waals surface area contributed by atoms with Gasteiger partial charge in [-0.3, -0.25) is 4.79 Å². The Morgan fingerprint density at radius 3 is 2.84 bits per heavy atom. The number of amides is 1. The van der Waals surface area contributed by atoms with Gasteiger partial charge in [0.15, 0.2) is 17.1 Å². The summed E-state index contributed by atoms with van der Waals surface area (Å²) < 4.78 is 17.6. The van der Waals surface area contributed by atoms with Crippen molar-refractivity contribution < 1.29 is 19.0 Å². The maximum Gasteiger partial charge on any atom is 0.231 e. The zero-order valence-corrected chi connectivity index (χ0v) is 18.0. The van der Waals surface area contributed by atoms with E-state index in [1.807, 2.05) is 42.5 Å². The van der Waals surface area contributed by atoms with Crippen LogP contribution in [0.4, 0.5) is 0 Å². The van der Waals surface area contributed by atoms with E-state index in [0.29, 0.717) is 23.0 Å². The fourth-order valence-electron chi connectivity index (χ4n) is 3.29. The van der Waals surface area contributed by atoms with Crippen LogP contribution < -0.4 is 19.5 Å². The van der Waals surface area contributed by atoms with Crippen LogP contribution in [0.2, 0.25) is 0 Å². The lowest BCUT2D eigenvalue weighted by Crippen LogP contribution is -2.24. The Kier molecular flexibility index (Phi) is 5.51. The molecule has 162 valence electrons. The highest BCUT2D eigenvalue weighted by atomic mass is 32.2. The minimum absolute atomic E-state index is 0.0954. The van der Waals surface area contributed by atoms with Crippen LogP contribution in [-0.4, -0.2) is 45.3 Å². The third kappa shape index (κ3) is 4.04.